The summed E-state index contributed by atoms with van der Waals surface area (Å²) >= 11 is 0. The summed E-state index contributed by atoms with van der Waals surface area (Å²) in [7, 11) is 0. The minimum Gasteiger partial charge on any atom is -0.305 e. The van der Waals surface area contributed by atoms with Gasteiger partial charge in [-0.3, -0.25) is 9.97 Å². The Morgan fingerprint density at radius 1 is 0.386 bits per heavy atom. The molecule has 2 spiro atoms. The van der Waals surface area contributed by atoms with E-state index in [-0.39, 0.29) is 16.2 Å². The van der Waals surface area contributed by atoms with Crippen LogP contribution in [0.25, 0.3) is 70.4 Å². The van der Waals surface area contributed by atoms with E-state index in [2.05, 4.69) is 172 Å². The summed E-state index contributed by atoms with van der Waals surface area (Å²) in [4.78, 5) is 11.8. The Kier molecular flexibility index (Phi) is 6.69. The summed E-state index contributed by atoms with van der Waals surface area (Å²) in [5, 5.41) is 14.7. The Bertz CT molecular complexity index is 5220. The highest BCUT2D eigenvalue weighted by Gasteiger charge is 2.82. The van der Waals surface area contributed by atoms with Gasteiger partial charge in [0.1, 0.15) is 0 Å². The molecule has 8 aromatic carbocycles. The summed E-state index contributed by atoms with van der Waals surface area (Å²) in [6, 6.07) is 52.3. The molecule has 14 aliphatic rings. The van der Waals surface area contributed by atoms with Crippen molar-refractivity contribution in [1.29, 1.82) is 0 Å². The summed E-state index contributed by atoms with van der Waals surface area (Å²) in [6.45, 7) is 10.2. The Balaban J connectivity index is 0.937. The predicted octanol–water partition coefficient (Wildman–Crippen LogP) is 18.4. The minimum atomic E-state index is -0.424. The first kappa shape index (κ1) is 43.3. The van der Waals surface area contributed by atoms with Gasteiger partial charge in [-0.05, 0) is 273 Å². The fraction of sp³-hybridized carbons (Fsp3) is 0.350. The van der Waals surface area contributed by atoms with Crippen LogP contribution in [0.5, 0.6) is 0 Å². The van der Waals surface area contributed by atoms with Crippen LogP contribution in [0.1, 0.15) is 205 Å². The van der Waals surface area contributed by atoms with Crippen LogP contribution in [-0.2, 0) is 27.1 Å². The van der Waals surface area contributed by atoms with Crippen molar-refractivity contribution in [3.63, 3.8) is 0 Å². The van der Waals surface area contributed by atoms with Gasteiger partial charge in [-0.15, -0.1) is 0 Å². The zero-order valence-electron chi connectivity index (χ0n) is 47.8. The monoisotopic (exact) mass is 1070 g/mol. The lowest BCUT2D eigenvalue weighted by Crippen LogP contribution is -2.69. The number of hydrogen-bond donors (Lipinski definition) is 0. The molecule has 10 atom stereocenters. The maximum absolute atomic E-state index is 5.91. The smallest absolute Gasteiger partial charge is 0.0729 e. The van der Waals surface area contributed by atoms with E-state index in [1.807, 2.05) is 0 Å². The van der Waals surface area contributed by atoms with Crippen molar-refractivity contribution in [2.75, 3.05) is 0 Å². The Morgan fingerprint density at radius 2 is 0.855 bits per heavy atom. The third-order valence-electron chi connectivity index (χ3n) is 28.6. The first-order chi connectivity index (χ1) is 40.6. The first-order valence-corrected chi connectivity index (χ1v) is 32.4. The van der Waals surface area contributed by atoms with Crippen molar-refractivity contribution < 1.29 is 0 Å². The fourth-order valence-electron chi connectivity index (χ4n) is 26.0. The van der Waals surface area contributed by atoms with Crippen molar-refractivity contribution in [2.45, 2.75) is 143 Å². The average Bonchev–Trinajstić information content (AvgIpc) is 1.49. The maximum atomic E-state index is 5.91. The molecule has 3 heteroatoms. The quantitative estimate of drug-likeness (QED) is 0.142. The van der Waals surface area contributed by atoms with Gasteiger partial charge in [-0.2, -0.15) is 0 Å². The molecule has 5 saturated carbocycles. The predicted molar refractivity (Wildman–Crippen MR) is 333 cm³/mol. The van der Waals surface area contributed by atoms with Gasteiger partial charge in [0.2, 0.25) is 0 Å². The normalized spacial score (nSPS) is 36.2. The second-order valence-corrected chi connectivity index (χ2v) is 30.8. The van der Waals surface area contributed by atoms with Crippen LogP contribution in [0.4, 0.5) is 0 Å². The molecule has 0 amide bonds. The van der Waals surface area contributed by atoms with Gasteiger partial charge in [0.05, 0.1) is 56.6 Å². The van der Waals surface area contributed by atoms with E-state index in [9.17, 15) is 0 Å². The molecule has 0 radical (unpaired) electrons. The van der Waals surface area contributed by atoms with Gasteiger partial charge >= 0.3 is 0 Å². The van der Waals surface area contributed by atoms with E-state index < -0.39 is 10.8 Å². The number of aromatic nitrogens is 3. The Labute approximate surface area is 482 Å². The number of fused-ring (bicyclic) bond motifs is 26. The van der Waals surface area contributed by atoms with Gasteiger partial charge < -0.3 is 4.40 Å². The molecule has 12 aromatic rings. The highest BCUT2D eigenvalue weighted by Crippen LogP contribution is 2.83. The minimum absolute atomic E-state index is 0.215. The molecule has 3 nitrogen and oxygen atoms in total. The lowest BCUT2D eigenvalue weighted by Gasteiger charge is -2.67. The molecule has 9 bridgehead atoms. The lowest BCUT2D eigenvalue weighted by molar-refractivity contribution is 0.00322. The zero-order chi connectivity index (χ0) is 53.7. The molecular formula is C80H63N3. The third kappa shape index (κ3) is 3.98. The fourth-order valence-corrected chi connectivity index (χ4v) is 26.0. The second-order valence-electron chi connectivity index (χ2n) is 30.8. The highest BCUT2D eigenvalue weighted by atomic mass is 15.0. The molecule has 0 saturated heterocycles. The number of pyridine rings is 2. The van der Waals surface area contributed by atoms with Crippen molar-refractivity contribution in [2.24, 2.45) is 29.1 Å². The van der Waals surface area contributed by atoms with Gasteiger partial charge in [-0.1, -0.05) is 104 Å². The number of benzene rings is 8. The van der Waals surface area contributed by atoms with Gasteiger partial charge in [0, 0.05) is 37.8 Å². The molecule has 26 rings (SSSR count). The summed E-state index contributed by atoms with van der Waals surface area (Å²) < 4.78 is 2.73. The molecule has 14 aliphatic carbocycles. The lowest BCUT2D eigenvalue weighted by atomic mass is 9.33. The molecular weight excluding hydrogens is 1000 g/mol. The largest absolute Gasteiger partial charge is 0.305 e. The molecule has 398 valence electrons. The van der Waals surface area contributed by atoms with E-state index in [4.69, 9.17) is 9.97 Å². The van der Waals surface area contributed by atoms with Gasteiger partial charge in [0.25, 0.3) is 0 Å². The topological polar surface area (TPSA) is 30.2 Å². The molecule has 0 N–H and O–H groups in total. The number of hydrogen-bond acceptors (Lipinski definition) is 2. The first-order valence-electron chi connectivity index (χ1n) is 32.4. The summed E-state index contributed by atoms with van der Waals surface area (Å²) in [5.41, 5.74) is 26.7. The Morgan fingerprint density at radius 3 is 1.46 bits per heavy atom. The van der Waals surface area contributed by atoms with E-state index in [0.717, 1.165) is 23.7 Å². The SMILES string of the molecule is CC12c3ccccc3C(C)(c3ccccc31)c1c2ncc2c1c1cc3c4cc5c(cc4c4cc6c(cc4c3c3c4c7c(ncc4n2c13)C1(C)c2ccccc2C2(C)c3ccccc3C721)C1CC2CC(CC6C2)C1)C1CC2CC3CC5CC23C1. The van der Waals surface area contributed by atoms with Crippen LogP contribution in [0.15, 0.2) is 140 Å². The van der Waals surface area contributed by atoms with Gasteiger partial charge in [0.15, 0.2) is 0 Å². The molecule has 10 unspecified atom stereocenters. The van der Waals surface area contributed by atoms with E-state index in [1.54, 1.807) is 22.3 Å². The van der Waals surface area contributed by atoms with Crippen LogP contribution < -0.4 is 0 Å². The van der Waals surface area contributed by atoms with Crippen LogP contribution in [0.2, 0.25) is 0 Å². The zero-order valence-corrected chi connectivity index (χ0v) is 47.8. The Hall–Kier alpha value is -7.36. The molecule has 4 aromatic heterocycles. The number of rotatable bonds is 0. The van der Waals surface area contributed by atoms with E-state index in [1.165, 1.54) is 202 Å². The maximum Gasteiger partial charge on any atom is 0.0729 e. The van der Waals surface area contributed by atoms with Crippen molar-refractivity contribution in [3.8, 4) is 0 Å². The second kappa shape index (κ2) is 12.8. The van der Waals surface area contributed by atoms with Crippen molar-refractivity contribution >= 4 is 70.4 Å². The van der Waals surface area contributed by atoms with Crippen molar-refractivity contribution in [3.05, 3.63) is 229 Å². The summed E-state index contributed by atoms with van der Waals surface area (Å²) in [6.07, 6.45) is 18.8. The summed E-state index contributed by atoms with van der Waals surface area (Å²) in [5.74, 6) is 6.27. The highest BCUT2D eigenvalue weighted by molar-refractivity contribution is 6.41. The van der Waals surface area contributed by atoms with Crippen LogP contribution in [0, 0.1) is 29.1 Å². The molecule has 83 heavy (non-hydrogen) atoms. The van der Waals surface area contributed by atoms with E-state index >= 15 is 0 Å². The third-order valence-corrected chi connectivity index (χ3v) is 28.6. The van der Waals surface area contributed by atoms with Crippen molar-refractivity contribution in [1.82, 2.24) is 14.4 Å². The van der Waals surface area contributed by atoms with E-state index in [0.29, 0.717) is 29.1 Å². The van der Waals surface area contributed by atoms with Crippen LogP contribution in [0.3, 0.4) is 0 Å². The van der Waals surface area contributed by atoms with Crippen LogP contribution >= 0.6 is 0 Å². The molecule has 0 aliphatic heterocycles. The standard InChI is InChI=1S/C80H63N3/c1-75-56-13-5-7-15-58(56)76(2,59-16-8-6-14-57(59)75)73-70(75)67-55-33-54-52-31-49-43-27-45-28-44-26-42(34-79(44,45)35-43)48(49)30-50(52)51-29-46-40-22-38-21-39(23-40)25-41(24-38)47(46)32-53(51)66(54)69-68-65(83(72(55)69)64(67)36-81-73)37-82-74-71(68)80-63-20-12-11-19-62(63)77(80,3)60-17-9-10-18-61(60)78(74,80)4/h5-20,29-33,36-45H,21-28,34-35H2,1-4H3. The molecule has 5 fully saturated rings. The number of nitrogens with zero attached hydrogens (tertiary/aromatic N) is 3. The molecule has 4 heterocycles. The van der Waals surface area contributed by atoms with Crippen LogP contribution in [-0.4, -0.2) is 14.4 Å². The average molecular weight is 1070 g/mol. The van der Waals surface area contributed by atoms with Gasteiger partial charge in [-0.25, -0.2) is 0 Å².